The number of aldehydes is 1. The van der Waals surface area contributed by atoms with E-state index in [1.165, 1.54) is 6.42 Å². The van der Waals surface area contributed by atoms with E-state index in [0.717, 1.165) is 12.8 Å². The first-order valence-corrected chi connectivity index (χ1v) is 8.23. The van der Waals surface area contributed by atoms with Gasteiger partial charge < -0.3 is 9.53 Å². The highest BCUT2D eigenvalue weighted by molar-refractivity contribution is 5.94. The summed E-state index contributed by atoms with van der Waals surface area (Å²) in [5, 5.41) is 0. The summed E-state index contributed by atoms with van der Waals surface area (Å²) in [4.78, 5) is 23.8. The molecule has 1 aliphatic carbocycles. The molecule has 22 heavy (non-hydrogen) atoms. The van der Waals surface area contributed by atoms with Crippen LogP contribution in [0, 0.1) is 17.8 Å². The van der Waals surface area contributed by atoms with Crippen LogP contribution in [0.5, 0.6) is 0 Å². The maximum absolute atomic E-state index is 12.5. The first-order valence-electron chi connectivity index (χ1n) is 8.23. The molecule has 0 aliphatic heterocycles. The summed E-state index contributed by atoms with van der Waals surface area (Å²) in [7, 11) is 0. The smallest absolute Gasteiger partial charge is 0.320 e. The third-order valence-electron chi connectivity index (χ3n) is 4.78. The molecule has 4 atom stereocenters. The Balaban J connectivity index is 2.09. The lowest BCUT2D eigenvalue weighted by Crippen LogP contribution is -2.37. The van der Waals surface area contributed by atoms with Gasteiger partial charge in [0.25, 0.3) is 0 Å². The molecule has 3 heteroatoms. The number of benzene rings is 1. The Bertz CT molecular complexity index is 495. The molecule has 1 aromatic rings. The van der Waals surface area contributed by atoms with Crippen LogP contribution >= 0.6 is 0 Å². The van der Waals surface area contributed by atoms with E-state index in [1.807, 2.05) is 18.2 Å². The van der Waals surface area contributed by atoms with Crippen molar-refractivity contribution in [3.05, 3.63) is 35.9 Å². The first-order chi connectivity index (χ1) is 10.5. The van der Waals surface area contributed by atoms with Crippen molar-refractivity contribution in [1.29, 1.82) is 0 Å². The monoisotopic (exact) mass is 302 g/mol. The van der Waals surface area contributed by atoms with Crippen molar-refractivity contribution in [2.45, 2.75) is 52.1 Å². The Kier molecular flexibility index (Phi) is 5.76. The molecular formula is C19H26O3. The molecule has 120 valence electrons. The second kappa shape index (κ2) is 7.57. The van der Waals surface area contributed by atoms with Crippen molar-refractivity contribution >= 4 is 12.3 Å². The van der Waals surface area contributed by atoms with Gasteiger partial charge in [-0.1, -0.05) is 57.5 Å². The third kappa shape index (κ3) is 3.96. The Morgan fingerprint density at radius 2 is 1.91 bits per heavy atom. The van der Waals surface area contributed by atoms with Gasteiger partial charge in [-0.25, -0.2) is 0 Å². The van der Waals surface area contributed by atoms with Crippen LogP contribution in [0.1, 0.15) is 51.5 Å². The summed E-state index contributed by atoms with van der Waals surface area (Å²) in [6.45, 7) is 6.55. The number of rotatable bonds is 5. The standard InChI is InChI=1S/C19H26O3/c1-13(2)16-10-9-14(3)11-18(16)22-19(21)17(12-20)15-7-5-4-6-8-15/h4-8,12-14,16-18H,9-11H2,1-3H3/t14-,16-,17+,18+/m1/s1. The summed E-state index contributed by atoms with van der Waals surface area (Å²) >= 11 is 0. The van der Waals surface area contributed by atoms with Crippen molar-refractivity contribution < 1.29 is 14.3 Å². The Labute approximate surface area is 133 Å². The van der Waals surface area contributed by atoms with Crippen molar-refractivity contribution in [2.75, 3.05) is 0 Å². The van der Waals surface area contributed by atoms with Gasteiger partial charge in [-0.15, -0.1) is 0 Å². The molecule has 0 spiro atoms. The number of esters is 1. The Morgan fingerprint density at radius 3 is 2.50 bits per heavy atom. The minimum absolute atomic E-state index is 0.0672. The van der Waals surface area contributed by atoms with Gasteiger partial charge in [0.2, 0.25) is 0 Å². The van der Waals surface area contributed by atoms with Gasteiger partial charge in [-0.3, -0.25) is 4.79 Å². The van der Waals surface area contributed by atoms with Crippen LogP contribution in [0.2, 0.25) is 0 Å². The summed E-state index contributed by atoms with van der Waals surface area (Å²) in [6, 6.07) is 9.12. The van der Waals surface area contributed by atoms with E-state index in [2.05, 4.69) is 20.8 Å². The number of carbonyl (C=O) groups excluding carboxylic acids is 2. The highest BCUT2D eigenvalue weighted by Gasteiger charge is 2.35. The van der Waals surface area contributed by atoms with Crippen LogP contribution in [0.15, 0.2) is 30.3 Å². The number of ether oxygens (including phenoxy) is 1. The molecule has 0 heterocycles. The Morgan fingerprint density at radius 1 is 1.23 bits per heavy atom. The molecule has 1 saturated carbocycles. The van der Waals surface area contributed by atoms with Gasteiger partial charge in [0.1, 0.15) is 18.3 Å². The van der Waals surface area contributed by atoms with Crippen LogP contribution in [0.3, 0.4) is 0 Å². The summed E-state index contributed by atoms with van der Waals surface area (Å²) in [5.41, 5.74) is 0.701. The minimum Gasteiger partial charge on any atom is -0.461 e. The largest absolute Gasteiger partial charge is 0.461 e. The molecule has 0 radical (unpaired) electrons. The highest BCUT2D eigenvalue weighted by atomic mass is 16.5. The van der Waals surface area contributed by atoms with Crippen molar-refractivity contribution in [3.63, 3.8) is 0 Å². The molecular weight excluding hydrogens is 276 g/mol. The van der Waals surface area contributed by atoms with E-state index in [0.29, 0.717) is 29.6 Å². The van der Waals surface area contributed by atoms with Gasteiger partial charge in [-0.2, -0.15) is 0 Å². The molecule has 1 fully saturated rings. The van der Waals surface area contributed by atoms with Gasteiger partial charge in [0.05, 0.1) is 0 Å². The number of hydrogen-bond donors (Lipinski definition) is 0. The number of hydrogen-bond acceptors (Lipinski definition) is 3. The normalized spacial score (nSPS) is 26.5. The van der Waals surface area contributed by atoms with E-state index in [4.69, 9.17) is 4.74 Å². The van der Waals surface area contributed by atoms with Gasteiger partial charge in [-0.05, 0) is 36.2 Å². The lowest BCUT2D eigenvalue weighted by Gasteiger charge is -2.37. The van der Waals surface area contributed by atoms with Crippen molar-refractivity contribution in [3.8, 4) is 0 Å². The second-order valence-electron chi connectivity index (χ2n) is 6.83. The van der Waals surface area contributed by atoms with E-state index >= 15 is 0 Å². The van der Waals surface area contributed by atoms with E-state index in [1.54, 1.807) is 12.1 Å². The molecule has 0 N–H and O–H groups in total. The van der Waals surface area contributed by atoms with Crippen molar-refractivity contribution in [1.82, 2.24) is 0 Å². The molecule has 2 rings (SSSR count). The Hall–Kier alpha value is -1.64. The fourth-order valence-electron chi connectivity index (χ4n) is 3.40. The second-order valence-corrected chi connectivity index (χ2v) is 6.83. The summed E-state index contributed by atoms with van der Waals surface area (Å²) in [6.07, 6.45) is 3.80. The zero-order chi connectivity index (χ0) is 16.1. The molecule has 0 amide bonds. The predicted molar refractivity (Wildman–Crippen MR) is 86.5 cm³/mol. The molecule has 0 aromatic heterocycles. The average molecular weight is 302 g/mol. The fraction of sp³-hybridized carbons (Fsp3) is 0.579. The third-order valence-corrected chi connectivity index (χ3v) is 4.78. The maximum Gasteiger partial charge on any atom is 0.320 e. The van der Waals surface area contributed by atoms with Crippen LogP contribution in [0.25, 0.3) is 0 Å². The summed E-state index contributed by atoms with van der Waals surface area (Å²) in [5.74, 6) is 0.219. The van der Waals surface area contributed by atoms with Gasteiger partial charge in [0.15, 0.2) is 0 Å². The molecule has 3 nitrogen and oxygen atoms in total. The van der Waals surface area contributed by atoms with E-state index in [9.17, 15) is 9.59 Å². The highest BCUT2D eigenvalue weighted by Crippen LogP contribution is 2.36. The molecule has 0 unspecified atom stereocenters. The quantitative estimate of drug-likeness (QED) is 0.469. The average Bonchev–Trinajstić information content (AvgIpc) is 2.48. The van der Waals surface area contributed by atoms with Crippen LogP contribution in [0.4, 0.5) is 0 Å². The predicted octanol–water partition coefficient (Wildman–Crippen LogP) is 3.97. The minimum atomic E-state index is -0.814. The van der Waals surface area contributed by atoms with Gasteiger partial charge >= 0.3 is 5.97 Å². The van der Waals surface area contributed by atoms with Crippen LogP contribution in [-0.2, 0) is 14.3 Å². The fourth-order valence-corrected chi connectivity index (χ4v) is 3.40. The molecule has 1 aliphatic rings. The maximum atomic E-state index is 12.5. The lowest BCUT2D eigenvalue weighted by atomic mass is 9.75. The molecule has 1 aromatic carbocycles. The van der Waals surface area contributed by atoms with Gasteiger partial charge in [0, 0.05) is 0 Å². The zero-order valence-electron chi connectivity index (χ0n) is 13.7. The van der Waals surface area contributed by atoms with Crippen molar-refractivity contribution in [2.24, 2.45) is 17.8 Å². The number of carbonyl (C=O) groups is 2. The molecule has 0 bridgehead atoms. The zero-order valence-corrected chi connectivity index (χ0v) is 13.7. The summed E-state index contributed by atoms with van der Waals surface area (Å²) < 4.78 is 5.77. The molecule has 0 saturated heterocycles. The van der Waals surface area contributed by atoms with Crippen LogP contribution in [-0.4, -0.2) is 18.4 Å². The lowest BCUT2D eigenvalue weighted by molar-refractivity contribution is -0.158. The first kappa shape index (κ1) is 16.7. The topological polar surface area (TPSA) is 43.4 Å². The SMILES string of the molecule is CC(C)[C@H]1CC[C@@H](C)C[C@@H]1OC(=O)[C@@H](C=O)c1ccccc1. The van der Waals surface area contributed by atoms with Crippen LogP contribution < -0.4 is 0 Å². The van der Waals surface area contributed by atoms with E-state index < -0.39 is 11.9 Å². The van der Waals surface area contributed by atoms with E-state index in [-0.39, 0.29) is 6.10 Å².